The lowest BCUT2D eigenvalue weighted by Crippen LogP contribution is -2.70. The largest absolute Gasteiger partial charge is 0.414 e. The topological polar surface area (TPSA) is 82.5 Å². The molecular weight excluding hydrogens is 493 g/mol. The van der Waals surface area contributed by atoms with E-state index in [1.165, 1.54) is 0 Å². The number of hydrogen-bond acceptors (Lipinski definition) is 5. The Morgan fingerprint density at radius 1 is 1.09 bits per heavy atom. The van der Waals surface area contributed by atoms with Crippen LogP contribution in [-0.4, -0.2) is 59.2 Å². The summed E-state index contributed by atoms with van der Waals surface area (Å²) >= 11 is 0. The molecule has 2 aliphatic heterocycles. The summed E-state index contributed by atoms with van der Waals surface area (Å²) in [4.78, 5) is 28.3. The molecule has 1 aromatic rings. The van der Waals surface area contributed by atoms with Crippen molar-refractivity contribution < 1.29 is 13.6 Å². The Balaban J connectivity index is 2.16. The SMILES string of the molecule is CC(C)(C)[Si](C)(C)OC[C@H]1O[C@H]2C[Si](C)(C)c3cc(=O)[nH]c(=O)n3[C@@]2(C)[C@@H]1O[Si](C)(C)C(C)(C)C. The number of aromatic amines is 1. The molecule has 10 heteroatoms. The molecule has 0 amide bonds. The molecule has 1 saturated heterocycles. The molecule has 1 fully saturated rings. The van der Waals surface area contributed by atoms with E-state index in [2.05, 4.69) is 92.7 Å². The van der Waals surface area contributed by atoms with Gasteiger partial charge < -0.3 is 13.6 Å². The van der Waals surface area contributed by atoms with Crippen LogP contribution in [-0.2, 0) is 19.1 Å². The second-order valence-electron chi connectivity index (χ2n) is 14.5. The Morgan fingerprint density at radius 2 is 1.63 bits per heavy atom. The van der Waals surface area contributed by atoms with Crippen LogP contribution in [0.5, 0.6) is 0 Å². The van der Waals surface area contributed by atoms with Gasteiger partial charge in [-0.2, -0.15) is 0 Å². The zero-order valence-corrected chi connectivity index (χ0v) is 27.2. The quantitative estimate of drug-likeness (QED) is 0.561. The molecule has 0 bridgehead atoms. The molecule has 0 aromatic carbocycles. The molecule has 35 heavy (non-hydrogen) atoms. The standard InChI is InChI=1S/C25H48N2O5Si3/c1-23(2,3)34(10,11)30-15-17-21(32-35(12,13)24(4,5)6)25(7)18(31-17)16-33(8,9)20-14-19(28)26-22(29)27(20)25/h14,17-18,21H,15-16H2,1-13H3,(H,26,28,29)/t17-,18+,21-,25-/m1/s1. The van der Waals surface area contributed by atoms with Crippen molar-refractivity contribution in [1.29, 1.82) is 0 Å². The van der Waals surface area contributed by atoms with Gasteiger partial charge in [0.25, 0.3) is 5.56 Å². The van der Waals surface area contributed by atoms with Gasteiger partial charge in [0.15, 0.2) is 16.6 Å². The molecular formula is C25H48N2O5Si3. The van der Waals surface area contributed by atoms with Gasteiger partial charge in [-0.15, -0.1) is 0 Å². The van der Waals surface area contributed by atoms with E-state index in [1.54, 1.807) is 6.07 Å². The molecule has 0 spiro atoms. The summed E-state index contributed by atoms with van der Waals surface area (Å²) in [5, 5.41) is 0.951. The molecule has 0 unspecified atom stereocenters. The van der Waals surface area contributed by atoms with Crippen LogP contribution >= 0.6 is 0 Å². The molecule has 0 radical (unpaired) electrons. The van der Waals surface area contributed by atoms with Crippen molar-refractivity contribution in [3.8, 4) is 0 Å². The van der Waals surface area contributed by atoms with Crippen LogP contribution in [0.4, 0.5) is 0 Å². The van der Waals surface area contributed by atoms with E-state index < -0.39 is 30.2 Å². The molecule has 0 saturated carbocycles. The van der Waals surface area contributed by atoms with Crippen molar-refractivity contribution in [2.24, 2.45) is 0 Å². The van der Waals surface area contributed by atoms with Gasteiger partial charge >= 0.3 is 5.69 Å². The number of H-pyrrole nitrogens is 1. The van der Waals surface area contributed by atoms with Gasteiger partial charge in [0.1, 0.15) is 14.2 Å². The fourth-order valence-electron chi connectivity index (χ4n) is 4.87. The fourth-order valence-corrected chi connectivity index (χ4v) is 10.4. The molecule has 2 aliphatic rings. The minimum atomic E-state index is -2.23. The Kier molecular flexibility index (Phi) is 7.09. The number of aromatic nitrogens is 2. The second-order valence-corrected chi connectivity index (χ2v) is 28.8. The summed E-state index contributed by atoms with van der Waals surface area (Å²) in [5.41, 5.74) is -1.42. The second kappa shape index (κ2) is 8.62. The summed E-state index contributed by atoms with van der Waals surface area (Å²) in [6, 6.07) is 2.47. The Morgan fingerprint density at radius 3 is 2.14 bits per heavy atom. The highest BCUT2D eigenvalue weighted by atomic mass is 28.4. The molecule has 0 aliphatic carbocycles. The van der Waals surface area contributed by atoms with Gasteiger partial charge in [-0.05, 0) is 49.2 Å². The summed E-state index contributed by atoms with van der Waals surface area (Å²) in [6.07, 6.45) is -0.823. The predicted octanol–water partition coefficient (Wildman–Crippen LogP) is 4.36. The minimum Gasteiger partial charge on any atom is -0.414 e. The first kappa shape index (κ1) is 28.8. The average molecular weight is 541 g/mol. The lowest BCUT2D eigenvalue weighted by Gasteiger charge is -2.49. The van der Waals surface area contributed by atoms with E-state index >= 15 is 0 Å². The number of rotatable bonds is 5. The fraction of sp³-hybridized carbons (Fsp3) is 0.840. The zero-order chi connectivity index (χ0) is 27.0. The van der Waals surface area contributed by atoms with Crippen LogP contribution in [0.1, 0.15) is 48.5 Å². The summed E-state index contributed by atoms with van der Waals surface area (Å²) in [6.45, 7) is 29.3. The highest BCUT2D eigenvalue weighted by Gasteiger charge is 2.62. The maximum Gasteiger partial charge on any atom is 0.328 e. The van der Waals surface area contributed by atoms with Gasteiger partial charge in [-0.3, -0.25) is 14.3 Å². The van der Waals surface area contributed by atoms with Crippen LogP contribution in [0.3, 0.4) is 0 Å². The lowest BCUT2D eigenvalue weighted by molar-refractivity contribution is -0.0110. The molecule has 1 aromatic heterocycles. The molecule has 200 valence electrons. The highest BCUT2D eigenvalue weighted by molar-refractivity contribution is 6.89. The number of fused-ring (bicyclic) bond motifs is 3. The van der Waals surface area contributed by atoms with Crippen LogP contribution in [0.2, 0.25) is 55.4 Å². The van der Waals surface area contributed by atoms with Crippen molar-refractivity contribution in [3.05, 3.63) is 26.9 Å². The zero-order valence-electron chi connectivity index (χ0n) is 24.2. The van der Waals surface area contributed by atoms with E-state index in [1.807, 2.05) is 4.57 Å². The highest BCUT2D eigenvalue weighted by Crippen LogP contribution is 2.48. The van der Waals surface area contributed by atoms with Crippen molar-refractivity contribution in [2.75, 3.05) is 6.61 Å². The van der Waals surface area contributed by atoms with Crippen molar-refractivity contribution in [2.45, 2.75) is 128 Å². The van der Waals surface area contributed by atoms with Crippen LogP contribution in [0, 0.1) is 0 Å². The van der Waals surface area contributed by atoms with Crippen LogP contribution in [0.15, 0.2) is 15.7 Å². The maximum atomic E-state index is 13.4. The van der Waals surface area contributed by atoms with E-state index in [9.17, 15) is 9.59 Å². The summed E-state index contributed by atoms with van der Waals surface area (Å²) in [7, 11) is -6.36. The molecule has 3 heterocycles. The third-order valence-corrected chi connectivity index (χ3v) is 21.5. The maximum absolute atomic E-state index is 13.4. The third kappa shape index (κ3) is 4.91. The molecule has 4 atom stereocenters. The van der Waals surface area contributed by atoms with Crippen molar-refractivity contribution in [3.63, 3.8) is 0 Å². The number of nitrogens with zero attached hydrogens (tertiary/aromatic N) is 1. The normalized spacial score (nSPS) is 29.1. The van der Waals surface area contributed by atoms with Crippen LogP contribution < -0.4 is 16.6 Å². The van der Waals surface area contributed by atoms with Crippen molar-refractivity contribution in [1.82, 2.24) is 9.55 Å². The van der Waals surface area contributed by atoms with Gasteiger partial charge in [0.2, 0.25) is 0 Å². The molecule has 1 N–H and O–H groups in total. The van der Waals surface area contributed by atoms with E-state index in [0.717, 1.165) is 11.4 Å². The van der Waals surface area contributed by atoms with Gasteiger partial charge in [-0.1, -0.05) is 54.6 Å². The third-order valence-electron chi connectivity index (χ3n) is 9.36. The van der Waals surface area contributed by atoms with E-state index in [-0.39, 0.29) is 39.6 Å². The Labute approximate surface area is 214 Å². The first-order valence-corrected chi connectivity index (χ1v) is 21.9. The summed E-state index contributed by atoms with van der Waals surface area (Å²) in [5.74, 6) is 0. The van der Waals surface area contributed by atoms with E-state index in [0.29, 0.717) is 6.61 Å². The Bertz CT molecular complexity index is 1080. The van der Waals surface area contributed by atoms with Crippen LogP contribution in [0.25, 0.3) is 0 Å². The lowest BCUT2D eigenvalue weighted by atomic mass is 9.88. The molecule has 3 rings (SSSR count). The molecule has 7 nitrogen and oxygen atoms in total. The van der Waals surface area contributed by atoms with E-state index in [4.69, 9.17) is 13.6 Å². The number of hydrogen-bond donors (Lipinski definition) is 1. The predicted molar refractivity (Wildman–Crippen MR) is 151 cm³/mol. The Hall–Kier alpha value is -0.789. The van der Waals surface area contributed by atoms with Crippen molar-refractivity contribution >= 4 is 30.0 Å². The number of nitrogens with one attached hydrogen (secondary N) is 1. The number of ether oxygens (including phenoxy) is 1. The minimum absolute atomic E-state index is 0.00619. The monoisotopic (exact) mass is 540 g/mol. The van der Waals surface area contributed by atoms with Gasteiger partial charge in [0.05, 0.1) is 24.4 Å². The average Bonchev–Trinajstić information content (AvgIpc) is 2.89. The smallest absolute Gasteiger partial charge is 0.328 e. The van der Waals surface area contributed by atoms with Gasteiger partial charge in [0, 0.05) is 11.4 Å². The first-order valence-electron chi connectivity index (χ1n) is 12.9. The first-order chi connectivity index (χ1) is 15.5. The van der Waals surface area contributed by atoms with Gasteiger partial charge in [-0.25, -0.2) is 4.79 Å². The summed E-state index contributed by atoms with van der Waals surface area (Å²) < 4.78 is 22.4.